The largest absolute Gasteiger partial charge is 0.288 e. The summed E-state index contributed by atoms with van der Waals surface area (Å²) in [4.78, 5) is 10.1. The van der Waals surface area contributed by atoms with Gasteiger partial charge in [0.2, 0.25) is 0 Å². The predicted octanol–water partition coefficient (Wildman–Crippen LogP) is 3.43. The highest BCUT2D eigenvalue weighted by molar-refractivity contribution is 6.32. The van der Waals surface area contributed by atoms with Gasteiger partial charge in [-0.25, -0.2) is 0 Å². The molecule has 1 aliphatic carbocycles. The Morgan fingerprint density at radius 1 is 1.43 bits per heavy atom. The van der Waals surface area contributed by atoms with Crippen molar-refractivity contribution in [2.75, 3.05) is 0 Å². The van der Waals surface area contributed by atoms with Crippen molar-refractivity contribution in [3.05, 3.63) is 44.5 Å². The number of halogens is 1. The topological polar surface area (TPSA) is 43.1 Å². The van der Waals surface area contributed by atoms with Gasteiger partial charge in [-0.2, -0.15) is 0 Å². The summed E-state index contributed by atoms with van der Waals surface area (Å²) in [7, 11) is 0. The summed E-state index contributed by atoms with van der Waals surface area (Å²) in [6, 6.07) is 4.86. The lowest BCUT2D eigenvalue weighted by Crippen LogP contribution is -1.89. The van der Waals surface area contributed by atoms with Gasteiger partial charge in [-0.15, -0.1) is 0 Å². The molecule has 72 valence electrons. The molecule has 0 saturated heterocycles. The lowest BCUT2D eigenvalue weighted by Gasteiger charge is -1.96. The van der Waals surface area contributed by atoms with Gasteiger partial charge in [0.15, 0.2) is 0 Å². The molecule has 1 aromatic rings. The molecular formula is C10H8ClNO2. The highest BCUT2D eigenvalue weighted by atomic mass is 35.5. The zero-order valence-electron chi connectivity index (χ0n) is 7.37. The van der Waals surface area contributed by atoms with Crippen molar-refractivity contribution < 1.29 is 4.92 Å². The van der Waals surface area contributed by atoms with Gasteiger partial charge >= 0.3 is 0 Å². The van der Waals surface area contributed by atoms with Crippen molar-refractivity contribution in [3.8, 4) is 0 Å². The lowest BCUT2D eigenvalue weighted by atomic mass is 10.2. The van der Waals surface area contributed by atoms with Gasteiger partial charge in [0, 0.05) is 6.07 Å². The molecule has 0 radical (unpaired) electrons. The van der Waals surface area contributed by atoms with Gasteiger partial charge in [0.1, 0.15) is 5.02 Å². The molecule has 0 amide bonds. The zero-order valence-corrected chi connectivity index (χ0v) is 8.12. The maximum absolute atomic E-state index is 10.6. The van der Waals surface area contributed by atoms with Crippen LogP contribution in [0.4, 0.5) is 5.69 Å². The molecule has 0 atom stereocenters. The highest BCUT2D eigenvalue weighted by Gasteiger charge is 2.14. The number of nitro groups is 1. The molecule has 0 heterocycles. The summed E-state index contributed by atoms with van der Waals surface area (Å²) in [5.74, 6) is 0. The molecule has 1 saturated carbocycles. The summed E-state index contributed by atoms with van der Waals surface area (Å²) in [5, 5.41) is 10.8. The normalized spacial score (nSPS) is 13.9. The summed E-state index contributed by atoms with van der Waals surface area (Å²) in [6.45, 7) is 0. The minimum absolute atomic E-state index is 0.0262. The maximum Gasteiger partial charge on any atom is 0.288 e. The van der Waals surface area contributed by atoms with E-state index < -0.39 is 4.92 Å². The second-order valence-corrected chi connectivity index (χ2v) is 3.68. The van der Waals surface area contributed by atoms with E-state index in [2.05, 4.69) is 0 Å². The number of rotatable bonds is 2. The van der Waals surface area contributed by atoms with Crippen LogP contribution in [0.3, 0.4) is 0 Å². The maximum atomic E-state index is 10.6. The number of nitrogens with zero attached hydrogens (tertiary/aromatic N) is 1. The molecule has 0 spiro atoms. The van der Waals surface area contributed by atoms with Crippen LogP contribution >= 0.6 is 11.6 Å². The first kappa shape index (κ1) is 9.21. The van der Waals surface area contributed by atoms with Crippen LogP contribution < -0.4 is 0 Å². The third-order valence-electron chi connectivity index (χ3n) is 2.08. The van der Waals surface area contributed by atoms with E-state index in [-0.39, 0.29) is 10.7 Å². The van der Waals surface area contributed by atoms with Crippen molar-refractivity contribution in [2.45, 2.75) is 12.8 Å². The van der Waals surface area contributed by atoms with E-state index in [9.17, 15) is 10.1 Å². The standard InChI is InChI=1S/C10H8ClNO2/c11-9-4-3-8(5-7-1-2-7)6-10(9)12(13)14/h3-6H,1-2H2. The Bertz CT molecular complexity index is 420. The average molecular weight is 210 g/mol. The minimum Gasteiger partial charge on any atom is -0.258 e. The number of hydrogen-bond acceptors (Lipinski definition) is 2. The number of benzene rings is 1. The smallest absolute Gasteiger partial charge is 0.258 e. The molecule has 3 nitrogen and oxygen atoms in total. The van der Waals surface area contributed by atoms with Crippen LogP contribution in [0.1, 0.15) is 18.4 Å². The second kappa shape index (κ2) is 3.42. The Labute approximate surface area is 86.2 Å². The third-order valence-corrected chi connectivity index (χ3v) is 2.40. The molecule has 0 bridgehead atoms. The molecule has 2 rings (SSSR count). The third kappa shape index (κ3) is 1.93. The highest BCUT2D eigenvalue weighted by Crippen LogP contribution is 2.32. The van der Waals surface area contributed by atoms with E-state index in [1.807, 2.05) is 6.08 Å². The van der Waals surface area contributed by atoms with Crippen LogP contribution in [0.2, 0.25) is 5.02 Å². The molecule has 1 fully saturated rings. The van der Waals surface area contributed by atoms with Crippen LogP contribution in [0, 0.1) is 10.1 Å². The Morgan fingerprint density at radius 2 is 2.14 bits per heavy atom. The van der Waals surface area contributed by atoms with Crippen LogP contribution in [0.25, 0.3) is 6.08 Å². The first-order valence-electron chi connectivity index (χ1n) is 4.30. The Hall–Kier alpha value is -1.35. The Balaban J connectivity index is 2.39. The summed E-state index contributed by atoms with van der Waals surface area (Å²) < 4.78 is 0. The van der Waals surface area contributed by atoms with Gasteiger partial charge in [0.25, 0.3) is 5.69 Å². The van der Waals surface area contributed by atoms with Gasteiger partial charge in [-0.3, -0.25) is 10.1 Å². The summed E-state index contributed by atoms with van der Waals surface area (Å²) in [5.41, 5.74) is 2.16. The van der Waals surface area contributed by atoms with Crippen molar-refractivity contribution >= 4 is 23.4 Å². The van der Waals surface area contributed by atoms with Crippen molar-refractivity contribution in [2.24, 2.45) is 0 Å². The number of allylic oxidation sites excluding steroid dienone is 1. The van der Waals surface area contributed by atoms with E-state index in [1.54, 1.807) is 12.1 Å². The van der Waals surface area contributed by atoms with E-state index >= 15 is 0 Å². The van der Waals surface area contributed by atoms with Crippen molar-refractivity contribution in [1.29, 1.82) is 0 Å². The molecule has 1 aliphatic rings. The first-order chi connectivity index (χ1) is 6.66. The first-order valence-corrected chi connectivity index (χ1v) is 4.68. The second-order valence-electron chi connectivity index (χ2n) is 3.27. The number of nitro benzene ring substituents is 1. The molecular weight excluding hydrogens is 202 g/mol. The van der Waals surface area contributed by atoms with Gasteiger partial charge < -0.3 is 0 Å². The molecule has 1 aromatic carbocycles. The lowest BCUT2D eigenvalue weighted by molar-refractivity contribution is -0.384. The van der Waals surface area contributed by atoms with Crippen LogP contribution in [0.15, 0.2) is 23.8 Å². The van der Waals surface area contributed by atoms with Crippen molar-refractivity contribution in [3.63, 3.8) is 0 Å². The average Bonchev–Trinajstić information content (AvgIpc) is 2.92. The fraction of sp³-hybridized carbons (Fsp3) is 0.200. The molecule has 0 N–H and O–H groups in total. The molecule has 0 unspecified atom stereocenters. The van der Waals surface area contributed by atoms with E-state index in [1.165, 1.54) is 11.6 Å². The fourth-order valence-corrected chi connectivity index (χ4v) is 1.40. The summed E-state index contributed by atoms with van der Waals surface area (Å²) >= 11 is 5.68. The van der Waals surface area contributed by atoms with Crippen LogP contribution in [0.5, 0.6) is 0 Å². The fourth-order valence-electron chi connectivity index (χ4n) is 1.21. The Morgan fingerprint density at radius 3 is 2.71 bits per heavy atom. The number of hydrogen-bond donors (Lipinski definition) is 0. The van der Waals surface area contributed by atoms with Crippen molar-refractivity contribution in [1.82, 2.24) is 0 Å². The van der Waals surface area contributed by atoms with Gasteiger partial charge in [0.05, 0.1) is 4.92 Å². The minimum atomic E-state index is -0.461. The van der Waals surface area contributed by atoms with Crippen LogP contribution in [-0.2, 0) is 0 Å². The SMILES string of the molecule is O=[N+]([O-])c1cc(C=C2CC2)ccc1Cl. The summed E-state index contributed by atoms with van der Waals surface area (Å²) in [6.07, 6.45) is 4.19. The van der Waals surface area contributed by atoms with Gasteiger partial charge in [-0.05, 0) is 24.5 Å². The molecule has 0 aromatic heterocycles. The van der Waals surface area contributed by atoms with Crippen LogP contribution in [-0.4, -0.2) is 4.92 Å². The van der Waals surface area contributed by atoms with E-state index in [0.29, 0.717) is 0 Å². The van der Waals surface area contributed by atoms with E-state index in [0.717, 1.165) is 18.4 Å². The quantitative estimate of drug-likeness (QED) is 0.553. The monoisotopic (exact) mass is 209 g/mol. The zero-order chi connectivity index (χ0) is 10.1. The predicted molar refractivity (Wildman–Crippen MR) is 55.3 cm³/mol. The molecule has 0 aliphatic heterocycles. The molecule has 14 heavy (non-hydrogen) atoms. The Kier molecular flexibility index (Phi) is 2.25. The van der Waals surface area contributed by atoms with Gasteiger partial charge in [-0.1, -0.05) is 29.3 Å². The van der Waals surface area contributed by atoms with E-state index in [4.69, 9.17) is 11.6 Å². The molecule has 4 heteroatoms.